The number of rotatable bonds is 5. The van der Waals surface area contributed by atoms with Crippen LogP contribution in [0.15, 0.2) is 36.7 Å². The minimum absolute atomic E-state index is 0.295. The quantitative estimate of drug-likeness (QED) is 0.885. The predicted molar refractivity (Wildman–Crippen MR) is 84.4 cm³/mol. The summed E-state index contributed by atoms with van der Waals surface area (Å²) in [5.41, 5.74) is 0.927. The Balaban J connectivity index is 2.11. The molecule has 6 heteroatoms. The zero-order valence-corrected chi connectivity index (χ0v) is 12.9. The summed E-state index contributed by atoms with van der Waals surface area (Å²) in [6, 6.07) is 6.64. The Hall–Kier alpha value is -1.78. The van der Waals surface area contributed by atoms with Crippen LogP contribution in [0.1, 0.15) is 23.7 Å². The number of carbonyl (C=O) groups excluding carboxylic acids is 1. The van der Waals surface area contributed by atoms with E-state index in [2.05, 4.69) is 10.3 Å². The van der Waals surface area contributed by atoms with Crippen LogP contribution in [-0.4, -0.2) is 17.5 Å². The Morgan fingerprint density at radius 3 is 2.76 bits per heavy atom. The van der Waals surface area contributed by atoms with E-state index in [0.29, 0.717) is 33.7 Å². The molecule has 1 N–H and O–H groups in total. The molecule has 2 aromatic rings. The molecule has 110 valence electrons. The molecule has 21 heavy (non-hydrogen) atoms. The third-order valence-electron chi connectivity index (χ3n) is 2.67. The highest BCUT2D eigenvalue weighted by Crippen LogP contribution is 2.28. The summed E-state index contributed by atoms with van der Waals surface area (Å²) in [4.78, 5) is 15.9. The number of carbonyl (C=O) groups is 1. The van der Waals surface area contributed by atoms with Gasteiger partial charge in [-0.05, 0) is 30.7 Å². The van der Waals surface area contributed by atoms with Gasteiger partial charge in [-0.1, -0.05) is 30.1 Å². The van der Waals surface area contributed by atoms with Crippen molar-refractivity contribution in [2.45, 2.75) is 13.3 Å². The molecule has 0 saturated carbocycles. The summed E-state index contributed by atoms with van der Waals surface area (Å²) in [7, 11) is 0. The summed E-state index contributed by atoms with van der Waals surface area (Å²) in [5.74, 6) is 0.277. The summed E-state index contributed by atoms with van der Waals surface area (Å²) in [5, 5.41) is 3.47. The van der Waals surface area contributed by atoms with Crippen molar-refractivity contribution in [3.05, 3.63) is 52.3 Å². The molecule has 1 aromatic carbocycles. The van der Waals surface area contributed by atoms with Crippen molar-refractivity contribution in [1.82, 2.24) is 4.98 Å². The van der Waals surface area contributed by atoms with Crippen LogP contribution in [0, 0.1) is 0 Å². The second-order valence-electron chi connectivity index (χ2n) is 4.30. The minimum atomic E-state index is -0.319. The Labute approximate surface area is 133 Å². The largest absolute Gasteiger partial charge is 0.492 e. The minimum Gasteiger partial charge on any atom is -0.492 e. The molecule has 0 fully saturated rings. The maximum atomic E-state index is 12.1. The first kappa shape index (κ1) is 15.6. The maximum absolute atomic E-state index is 12.1. The number of benzene rings is 1. The average Bonchev–Trinajstić information content (AvgIpc) is 2.47. The molecule has 0 radical (unpaired) electrons. The maximum Gasteiger partial charge on any atom is 0.257 e. The van der Waals surface area contributed by atoms with Gasteiger partial charge in [0, 0.05) is 18.1 Å². The number of hydrogen-bond acceptors (Lipinski definition) is 3. The molecular formula is C15H14Cl2N2O2. The topological polar surface area (TPSA) is 51.2 Å². The first-order valence-corrected chi connectivity index (χ1v) is 7.20. The number of halogens is 2. The smallest absolute Gasteiger partial charge is 0.257 e. The summed E-state index contributed by atoms with van der Waals surface area (Å²) in [6.45, 7) is 2.61. The molecule has 0 aliphatic rings. The SMILES string of the molecule is CCCOc1ccc(NC(=O)c2ccncc2Cl)cc1Cl. The third-order valence-corrected chi connectivity index (χ3v) is 3.27. The van der Waals surface area contributed by atoms with Crippen molar-refractivity contribution in [2.24, 2.45) is 0 Å². The average molecular weight is 325 g/mol. The Morgan fingerprint density at radius 1 is 1.29 bits per heavy atom. The zero-order valence-electron chi connectivity index (χ0n) is 11.4. The molecule has 0 bridgehead atoms. The van der Waals surface area contributed by atoms with Crippen LogP contribution in [0.2, 0.25) is 10.0 Å². The van der Waals surface area contributed by atoms with E-state index in [-0.39, 0.29) is 5.91 Å². The summed E-state index contributed by atoms with van der Waals surface area (Å²) in [6.07, 6.45) is 3.83. The van der Waals surface area contributed by atoms with Crippen LogP contribution in [0.25, 0.3) is 0 Å². The standard InChI is InChI=1S/C15H14Cl2N2O2/c1-2-7-21-14-4-3-10(8-12(14)16)19-15(20)11-5-6-18-9-13(11)17/h3-6,8-9H,2,7H2,1H3,(H,19,20). The lowest BCUT2D eigenvalue weighted by molar-refractivity contribution is 0.102. The van der Waals surface area contributed by atoms with Crippen LogP contribution in [0.3, 0.4) is 0 Å². The highest BCUT2D eigenvalue weighted by molar-refractivity contribution is 6.34. The first-order chi connectivity index (χ1) is 10.1. The van der Waals surface area contributed by atoms with E-state index >= 15 is 0 Å². The van der Waals surface area contributed by atoms with E-state index in [0.717, 1.165) is 6.42 Å². The molecule has 2 rings (SSSR count). The highest BCUT2D eigenvalue weighted by Gasteiger charge is 2.11. The van der Waals surface area contributed by atoms with Gasteiger partial charge in [0.25, 0.3) is 5.91 Å². The molecule has 4 nitrogen and oxygen atoms in total. The monoisotopic (exact) mass is 324 g/mol. The number of nitrogens with zero attached hydrogens (tertiary/aromatic N) is 1. The van der Waals surface area contributed by atoms with Crippen LogP contribution in [-0.2, 0) is 0 Å². The molecule has 0 aliphatic heterocycles. The van der Waals surface area contributed by atoms with Gasteiger partial charge in [0.1, 0.15) is 5.75 Å². The van der Waals surface area contributed by atoms with E-state index in [9.17, 15) is 4.79 Å². The van der Waals surface area contributed by atoms with Crippen LogP contribution >= 0.6 is 23.2 Å². The molecule has 0 saturated heterocycles. The molecule has 1 heterocycles. The molecule has 1 aromatic heterocycles. The molecular weight excluding hydrogens is 311 g/mol. The fourth-order valence-electron chi connectivity index (χ4n) is 1.67. The molecule has 0 spiro atoms. The van der Waals surface area contributed by atoms with Crippen molar-refractivity contribution in [2.75, 3.05) is 11.9 Å². The number of aromatic nitrogens is 1. The fraction of sp³-hybridized carbons (Fsp3) is 0.200. The van der Waals surface area contributed by atoms with Gasteiger partial charge in [0.2, 0.25) is 0 Å². The van der Waals surface area contributed by atoms with Gasteiger partial charge in [-0.2, -0.15) is 0 Å². The second-order valence-corrected chi connectivity index (χ2v) is 5.12. The number of nitrogens with one attached hydrogen (secondary N) is 1. The van der Waals surface area contributed by atoms with Crippen molar-refractivity contribution < 1.29 is 9.53 Å². The molecule has 0 unspecified atom stereocenters. The van der Waals surface area contributed by atoms with E-state index in [1.54, 1.807) is 24.3 Å². The van der Waals surface area contributed by atoms with Gasteiger partial charge < -0.3 is 10.1 Å². The fourth-order valence-corrected chi connectivity index (χ4v) is 2.11. The Morgan fingerprint density at radius 2 is 2.10 bits per heavy atom. The summed E-state index contributed by atoms with van der Waals surface area (Å²) < 4.78 is 5.48. The lowest BCUT2D eigenvalue weighted by atomic mass is 10.2. The number of pyridine rings is 1. The van der Waals surface area contributed by atoms with Gasteiger partial charge >= 0.3 is 0 Å². The molecule has 0 aliphatic carbocycles. The van der Waals surface area contributed by atoms with Crippen molar-refractivity contribution in [1.29, 1.82) is 0 Å². The Kier molecular flexibility index (Phi) is 5.42. The Bertz CT molecular complexity index is 647. The van der Waals surface area contributed by atoms with Gasteiger partial charge in [0.05, 0.1) is 22.2 Å². The highest BCUT2D eigenvalue weighted by atomic mass is 35.5. The van der Waals surface area contributed by atoms with Gasteiger partial charge in [-0.15, -0.1) is 0 Å². The number of ether oxygens (including phenoxy) is 1. The summed E-state index contributed by atoms with van der Waals surface area (Å²) >= 11 is 12.0. The van der Waals surface area contributed by atoms with E-state index < -0.39 is 0 Å². The second kappa shape index (κ2) is 7.29. The normalized spacial score (nSPS) is 10.2. The number of hydrogen-bond donors (Lipinski definition) is 1. The van der Waals surface area contributed by atoms with Crippen LogP contribution in [0.5, 0.6) is 5.75 Å². The van der Waals surface area contributed by atoms with Crippen molar-refractivity contribution >= 4 is 34.8 Å². The lowest BCUT2D eigenvalue weighted by Crippen LogP contribution is -2.12. The molecule has 0 atom stereocenters. The molecule has 1 amide bonds. The van der Waals surface area contributed by atoms with E-state index in [1.807, 2.05) is 6.92 Å². The third kappa shape index (κ3) is 4.09. The van der Waals surface area contributed by atoms with E-state index in [4.69, 9.17) is 27.9 Å². The van der Waals surface area contributed by atoms with Crippen molar-refractivity contribution in [3.8, 4) is 5.75 Å². The van der Waals surface area contributed by atoms with Crippen LogP contribution in [0.4, 0.5) is 5.69 Å². The lowest BCUT2D eigenvalue weighted by Gasteiger charge is -2.10. The zero-order chi connectivity index (χ0) is 15.2. The number of anilines is 1. The van der Waals surface area contributed by atoms with Gasteiger partial charge in [0.15, 0.2) is 0 Å². The van der Waals surface area contributed by atoms with Gasteiger partial charge in [-0.25, -0.2) is 0 Å². The van der Waals surface area contributed by atoms with Crippen LogP contribution < -0.4 is 10.1 Å². The van der Waals surface area contributed by atoms with Crippen molar-refractivity contribution in [3.63, 3.8) is 0 Å². The number of amides is 1. The predicted octanol–water partition coefficient (Wildman–Crippen LogP) is 4.43. The first-order valence-electron chi connectivity index (χ1n) is 6.45. The van der Waals surface area contributed by atoms with Gasteiger partial charge in [-0.3, -0.25) is 9.78 Å². The van der Waals surface area contributed by atoms with E-state index in [1.165, 1.54) is 12.4 Å².